The first-order valence-corrected chi connectivity index (χ1v) is 5.98. The summed E-state index contributed by atoms with van der Waals surface area (Å²) in [6.07, 6.45) is 1.65. The molecule has 1 heterocycles. The summed E-state index contributed by atoms with van der Waals surface area (Å²) >= 11 is 3.20. The van der Waals surface area contributed by atoms with Crippen LogP contribution in [0.3, 0.4) is 0 Å². The van der Waals surface area contributed by atoms with Crippen molar-refractivity contribution in [1.82, 2.24) is 4.98 Å². The van der Waals surface area contributed by atoms with Crippen molar-refractivity contribution in [3.8, 4) is 11.3 Å². The van der Waals surface area contributed by atoms with Crippen molar-refractivity contribution in [2.24, 2.45) is 0 Å². The molecule has 0 unspecified atom stereocenters. The van der Waals surface area contributed by atoms with Gasteiger partial charge in [0.2, 0.25) is 0 Å². The molecule has 1 aromatic carbocycles. The van der Waals surface area contributed by atoms with Gasteiger partial charge in [-0.15, -0.1) is 0 Å². The molecule has 0 amide bonds. The van der Waals surface area contributed by atoms with E-state index in [-0.39, 0.29) is 5.41 Å². The van der Waals surface area contributed by atoms with E-state index in [9.17, 15) is 0 Å². The second-order valence-electron chi connectivity index (χ2n) is 4.81. The third-order valence-electron chi connectivity index (χ3n) is 2.52. The first-order chi connectivity index (χ1) is 7.47. The summed E-state index contributed by atoms with van der Waals surface area (Å²) in [4.78, 5) is 4.74. The topological polar surface area (TPSA) is 26.0 Å². The first kappa shape index (κ1) is 11.4. The summed E-state index contributed by atoms with van der Waals surface area (Å²) in [6, 6.07) is 8.42. The van der Waals surface area contributed by atoms with Crippen molar-refractivity contribution >= 4 is 15.9 Å². The fourth-order valence-corrected chi connectivity index (χ4v) is 1.81. The van der Waals surface area contributed by atoms with Crippen LogP contribution in [-0.4, -0.2) is 4.98 Å². The molecule has 2 nitrogen and oxygen atoms in total. The number of hydrogen-bond acceptors (Lipinski definition) is 2. The van der Waals surface area contributed by atoms with Crippen LogP contribution in [0.4, 0.5) is 0 Å². The lowest BCUT2D eigenvalue weighted by Gasteiger charge is -2.18. The number of aromatic nitrogens is 1. The van der Waals surface area contributed by atoms with Crippen LogP contribution in [-0.2, 0) is 5.41 Å². The smallest absolute Gasteiger partial charge is 0.264 e. The van der Waals surface area contributed by atoms with E-state index in [0.717, 1.165) is 11.3 Å². The molecule has 2 rings (SSSR count). The molecule has 3 heteroatoms. The van der Waals surface area contributed by atoms with Gasteiger partial charge >= 0.3 is 0 Å². The van der Waals surface area contributed by atoms with Crippen LogP contribution >= 0.6 is 15.9 Å². The summed E-state index contributed by atoms with van der Waals surface area (Å²) in [6.45, 7) is 6.61. The van der Waals surface area contributed by atoms with Crippen LogP contribution < -0.4 is 0 Å². The minimum absolute atomic E-state index is 0.183. The van der Waals surface area contributed by atoms with Crippen LogP contribution in [0.1, 0.15) is 26.3 Å². The molecular weight excluding hydrogens is 266 g/mol. The zero-order valence-corrected chi connectivity index (χ0v) is 11.2. The predicted octanol–water partition coefficient (Wildman–Crippen LogP) is 4.40. The van der Waals surface area contributed by atoms with Gasteiger partial charge in [0.1, 0.15) is 12.0 Å². The van der Waals surface area contributed by atoms with Crippen molar-refractivity contribution in [2.45, 2.75) is 26.2 Å². The van der Waals surface area contributed by atoms with Crippen molar-refractivity contribution in [1.29, 1.82) is 0 Å². The number of nitrogens with zero attached hydrogens (tertiary/aromatic N) is 1. The maximum Gasteiger partial charge on any atom is 0.264 e. The number of rotatable bonds is 1. The highest BCUT2D eigenvalue weighted by atomic mass is 79.9. The van der Waals surface area contributed by atoms with Crippen LogP contribution in [0.5, 0.6) is 0 Å². The largest absolute Gasteiger partial charge is 0.439 e. The van der Waals surface area contributed by atoms with Gasteiger partial charge in [0, 0.05) is 21.5 Å². The molecule has 0 aliphatic rings. The summed E-state index contributed by atoms with van der Waals surface area (Å²) in [5.41, 5.74) is 3.43. The van der Waals surface area contributed by atoms with Gasteiger partial charge in [0.15, 0.2) is 0 Å². The Balaban J connectivity index is 2.33. The van der Waals surface area contributed by atoms with E-state index in [0.29, 0.717) is 4.80 Å². The van der Waals surface area contributed by atoms with Crippen LogP contribution in [0.15, 0.2) is 39.7 Å². The maximum atomic E-state index is 5.12. The molecule has 0 spiro atoms. The SMILES string of the molecule is CC(C)(C)c1ccc(-c2coc(Br)n2)cc1. The van der Waals surface area contributed by atoms with Gasteiger partial charge in [0.25, 0.3) is 4.80 Å². The standard InChI is InChI=1S/C13H14BrNO/c1-13(2,3)10-6-4-9(5-7-10)11-8-16-12(14)15-11/h4-8H,1-3H3. The molecule has 0 N–H and O–H groups in total. The Morgan fingerprint density at radius 1 is 1.12 bits per heavy atom. The Morgan fingerprint density at radius 2 is 1.75 bits per heavy atom. The lowest BCUT2D eigenvalue weighted by molar-refractivity contribution is 0.529. The molecule has 84 valence electrons. The summed E-state index contributed by atoms with van der Waals surface area (Å²) in [7, 11) is 0. The van der Waals surface area contributed by atoms with E-state index in [2.05, 4.69) is 66.0 Å². The number of benzene rings is 1. The summed E-state index contributed by atoms with van der Waals surface area (Å²) in [5, 5.41) is 0. The summed E-state index contributed by atoms with van der Waals surface area (Å²) in [5.74, 6) is 0. The van der Waals surface area contributed by atoms with Crippen molar-refractivity contribution in [2.75, 3.05) is 0 Å². The van der Waals surface area contributed by atoms with Crippen molar-refractivity contribution < 1.29 is 4.42 Å². The number of halogens is 1. The Labute approximate surface area is 104 Å². The molecule has 0 saturated heterocycles. The van der Waals surface area contributed by atoms with Crippen LogP contribution in [0.25, 0.3) is 11.3 Å². The molecule has 0 radical (unpaired) electrons. The molecule has 0 fully saturated rings. The Bertz CT molecular complexity index is 479. The molecule has 0 aliphatic carbocycles. The molecule has 0 saturated carbocycles. The highest BCUT2D eigenvalue weighted by molar-refractivity contribution is 9.10. The third-order valence-corrected chi connectivity index (χ3v) is 2.89. The normalized spacial score (nSPS) is 11.8. The lowest BCUT2D eigenvalue weighted by atomic mass is 9.86. The van der Waals surface area contributed by atoms with Crippen LogP contribution in [0, 0.1) is 0 Å². The zero-order valence-electron chi connectivity index (χ0n) is 9.62. The van der Waals surface area contributed by atoms with Gasteiger partial charge in [-0.05, 0) is 11.0 Å². The fourth-order valence-electron chi connectivity index (χ4n) is 1.53. The van der Waals surface area contributed by atoms with Gasteiger partial charge in [-0.2, -0.15) is 0 Å². The second-order valence-corrected chi connectivity index (χ2v) is 5.49. The van der Waals surface area contributed by atoms with E-state index in [1.807, 2.05) is 0 Å². The van der Waals surface area contributed by atoms with Crippen LogP contribution in [0.2, 0.25) is 0 Å². The average Bonchev–Trinajstić information content (AvgIpc) is 2.64. The molecule has 16 heavy (non-hydrogen) atoms. The highest BCUT2D eigenvalue weighted by Gasteiger charge is 2.13. The highest BCUT2D eigenvalue weighted by Crippen LogP contribution is 2.26. The Morgan fingerprint density at radius 3 is 2.19 bits per heavy atom. The van der Waals surface area contributed by atoms with Crippen molar-refractivity contribution in [3.05, 3.63) is 40.9 Å². The Hall–Kier alpha value is -1.09. The van der Waals surface area contributed by atoms with Gasteiger partial charge in [-0.25, -0.2) is 4.98 Å². The molecule has 0 aliphatic heterocycles. The molecule has 2 aromatic rings. The summed E-state index contributed by atoms with van der Waals surface area (Å²) < 4.78 is 5.12. The lowest BCUT2D eigenvalue weighted by Crippen LogP contribution is -2.10. The van der Waals surface area contributed by atoms with Gasteiger partial charge in [-0.3, -0.25) is 0 Å². The second kappa shape index (κ2) is 4.06. The minimum Gasteiger partial charge on any atom is -0.439 e. The van der Waals surface area contributed by atoms with Gasteiger partial charge in [0.05, 0.1) is 0 Å². The first-order valence-electron chi connectivity index (χ1n) is 5.19. The zero-order chi connectivity index (χ0) is 11.8. The van der Waals surface area contributed by atoms with E-state index in [4.69, 9.17) is 4.42 Å². The number of oxazole rings is 1. The van der Waals surface area contributed by atoms with E-state index >= 15 is 0 Å². The average molecular weight is 280 g/mol. The van der Waals surface area contributed by atoms with Gasteiger partial charge in [-0.1, -0.05) is 45.0 Å². The third kappa shape index (κ3) is 2.35. The minimum atomic E-state index is 0.183. The molecular formula is C13H14BrNO. The Kier molecular flexibility index (Phi) is 2.89. The van der Waals surface area contributed by atoms with Gasteiger partial charge < -0.3 is 4.42 Å². The maximum absolute atomic E-state index is 5.12. The monoisotopic (exact) mass is 279 g/mol. The number of hydrogen-bond donors (Lipinski definition) is 0. The van der Waals surface area contributed by atoms with E-state index in [1.165, 1.54) is 5.56 Å². The van der Waals surface area contributed by atoms with E-state index in [1.54, 1.807) is 6.26 Å². The quantitative estimate of drug-likeness (QED) is 0.773. The fraction of sp³-hybridized carbons (Fsp3) is 0.308. The molecule has 0 bridgehead atoms. The predicted molar refractivity (Wildman–Crippen MR) is 68.3 cm³/mol. The van der Waals surface area contributed by atoms with E-state index < -0.39 is 0 Å². The van der Waals surface area contributed by atoms with Crippen molar-refractivity contribution in [3.63, 3.8) is 0 Å². The molecule has 1 aromatic heterocycles. The molecule has 0 atom stereocenters.